The maximum Gasteiger partial charge on any atom is 0.304 e. The second-order valence-electron chi connectivity index (χ2n) is 4.58. The first-order valence-electron chi connectivity index (χ1n) is 6.15. The summed E-state index contributed by atoms with van der Waals surface area (Å²) < 4.78 is 0. The zero-order valence-corrected chi connectivity index (χ0v) is 11.9. The molecule has 100 valence electrons. The molecule has 0 aliphatic carbocycles. The van der Waals surface area contributed by atoms with Gasteiger partial charge in [0.1, 0.15) is 0 Å². The molecule has 0 saturated carbocycles. The van der Waals surface area contributed by atoms with E-state index >= 15 is 0 Å². The molecule has 0 saturated heterocycles. The Labute approximate surface area is 113 Å². The molecule has 1 unspecified atom stereocenters. The van der Waals surface area contributed by atoms with Crippen molar-refractivity contribution >= 4 is 17.6 Å². The molecular weight excluding hydrogens is 250 g/mol. The molecule has 4 heteroatoms. The van der Waals surface area contributed by atoms with Gasteiger partial charge in [0, 0.05) is 17.6 Å². The molecule has 1 aromatic rings. The van der Waals surface area contributed by atoms with Gasteiger partial charge in [-0.15, -0.1) is 0 Å². The van der Waals surface area contributed by atoms with Gasteiger partial charge in [-0.25, -0.2) is 0 Å². The number of aliphatic carboxylic acids is 1. The third-order valence-corrected chi connectivity index (χ3v) is 3.41. The first-order valence-corrected chi connectivity index (χ1v) is 6.52. The SMILES string of the molecule is CCN(Cc1ccc(Cl)cc1C)C(C)CC(=O)O. The second kappa shape index (κ2) is 6.76. The molecule has 0 aromatic heterocycles. The van der Waals surface area contributed by atoms with Crippen molar-refractivity contribution in [1.29, 1.82) is 0 Å². The van der Waals surface area contributed by atoms with Crippen molar-refractivity contribution in [2.24, 2.45) is 0 Å². The van der Waals surface area contributed by atoms with Gasteiger partial charge in [-0.05, 0) is 43.7 Å². The van der Waals surface area contributed by atoms with Crippen molar-refractivity contribution in [3.63, 3.8) is 0 Å². The highest BCUT2D eigenvalue weighted by Crippen LogP contribution is 2.18. The average molecular weight is 270 g/mol. The van der Waals surface area contributed by atoms with E-state index in [0.717, 1.165) is 23.7 Å². The largest absolute Gasteiger partial charge is 0.481 e. The van der Waals surface area contributed by atoms with E-state index in [-0.39, 0.29) is 12.5 Å². The van der Waals surface area contributed by atoms with E-state index < -0.39 is 5.97 Å². The fourth-order valence-electron chi connectivity index (χ4n) is 2.02. The summed E-state index contributed by atoms with van der Waals surface area (Å²) in [5.41, 5.74) is 2.34. The van der Waals surface area contributed by atoms with Gasteiger partial charge in [0.15, 0.2) is 0 Å². The molecule has 1 N–H and O–H groups in total. The standard InChI is InChI=1S/C14H20ClNO2/c1-4-16(11(3)8-14(17)18)9-12-5-6-13(15)7-10(12)2/h5-7,11H,4,8-9H2,1-3H3,(H,17,18). The number of benzene rings is 1. The van der Waals surface area contributed by atoms with Gasteiger partial charge in [0.05, 0.1) is 6.42 Å². The van der Waals surface area contributed by atoms with Crippen LogP contribution in [0.2, 0.25) is 5.02 Å². The predicted molar refractivity (Wildman–Crippen MR) is 74.0 cm³/mol. The van der Waals surface area contributed by atoms with Crippen molar-refractivity contribution in [3.8, 4) is 0 Å². The Morgan fingerprint density at radius 2 is 2.17 bits per heavy atom. The summed E-state index contributed by atoms with van der Waals surface area (Å²) in [4.78, 5) is 12.9. The lowest BCUT2D eigenvalue weighted by atomic mass is 10.1. The van der Waals surface area contributed by atoms with E-state index in [4.69, 9.17) is 16.7 Å². The normalized spacial score (nSPS) is 12.7. The number of hydrogen-bond acceptors (Lipinski definition) is 2. The Balaban J connectivity index is 2.76. The van der Waals surface area contributed by atoms with Crippen LogP contribution < -0.4 is 0 Å². The molecule has 3 nitrogen and oxygen atoms in total. The number of nitrogens with zero attached hydrogens (tertiary/aromatic N) is 1. The van der Waals surface area contributed by atoms with Crippen molar-refractivity contribution in [1.82, 2.24) is 4.90 Å². The quantitative estimate of drug-likeness (QED) is 0.861. The van der Waals surface area contributed by atoms with Gasteiger partial charge < -0.3 is 5.11 Å². The van der Waals surface area contributed by atoms with Gasteiger partial charge in [0.2, 0.25) is 0 Å². The number of carbonyl (C=O) groups is 1. The molecule has 1 atom stereocenters. The summed E-state index contributed by atoms with van der Waals surface area (Å²) >= 11 is 5.93. The number of carboxylic acid groups (broad SMARTS) is 1. The Kier molecular flexibility index (Phi) is 5.63. The lowest BCUT2D eigenvalue weighted by Gasteiger charge is -2.27. The van der Waals surface area contributed by atoms with Crippen LogP contribution in [-0.4, -0.2) is 28.6 Å². The van der Waals surface area contributed by atoms with E-state index in [1.54, 1.807) is 0 Å². The third-order valence-electron chi connectivity index (χ3n) is 3.18. The lowest BCUT2D eigenvalue weighted by molar-refractivity contribution is -0.138. The van der Waals surface area contributed by atoms with Crippen LogP contribution in [0.1, 0.15) is 31.4 Å². The van der Waals surface area contributed by atoms with Crippen LogP contribution >= 0.6 is 11.6 Å². The highest BCUT2D eigenvalue weighted by atomic mass is 35.5. The van der Waals surface area contributed by atoms with Crippen molar-refractivity contribution in [2.45, 2.75) is 39.8 Å². The van der Waals surface area contributed by atoms with Crippen molar-refractivity contribution in [2.75, 3.05) is 6.54 Å². The molecule has 0 amide bonds. The third kappa shape index (κ3) is 4.31. The second-order valence-corrected chi connectivity index (χ2v) is 5.02. The predicted octanol–water partition coefficient (Wildman–Crippen LogP) is 3.33. The first kappa shape index (κ1) is 15.0. The Hall–Kier alpha value is -1.06. The van der Waals surface area contributed by atoms with Gasteiger partial charge in [0.25, 0.3) is 0 Å². The molecule has 0 aliphatic heterocycles. The lowest BCUT2D eigenvalue weighted by Crippen LogP contribution is -2.34. The van der Waals surface area contributed by atoms with Crippen LogP contribution in [0.15, 0.2) is 18.2 Å². The molecule has 0 heterocycles. The first-order chi connectivity index (χ1) is 8.43. The molecule has 0 fully saturated rings. The fraction of sp³-hybridized carbons (Fsp3) is 0.500. The Morgan fingerprint density at radius 1 is 1.50 bits per heavy atom. The summed E-state index contributed by atoms with van der Waals surface area (Å²) in [5.74, 6) is -0.756. The number of rotatable bonds is 6. The highest BCUT2D eigenvalue weighted by molar-refractivity contribution is 6.30. The molecule has 0 bridgehead atoms. The summed E-state index contributed by atoms with van der Waals surface area (Å²) in [5, 5.41) is 9.58. The average Bonchev–Trinajstić information content (AvgIpc) is 2.27. The molecule has 0 spiro atoms. The monoisotopic (exact) mass is 269 g/mol. The molecule has 18 heavy (non-hydrogen) atoms. The van der Waals surface area contributed by atoms with E-state index in [2.05, 4.69) is 4.90 Å². The molecule has 0 radical (unpaired) electrons. The van der Waals surface area contributed by atoms with Crippen LogP contribution in [0, 0.1) is 6.92 Å². The maximum absolute atomic E-state index is 10.8. The minimum Gasteiger partial charge on any atom is -0.481 e. The van der Waals surface area contributed by atoms with Crippen LogP contribution in [-0.2, 0) is 11.3 Å². The van der Waals surface area contributed by atoms with Crippen LogP contribution in [0.25, 0.3) is 0 Å². The summed E-state index contributed by atoms with van der Waals surface area (Å²) in [6.45, 7) is 7.61. The summed E-state index contributed by atoms with van der Waals surface area (Å²) in [6, 6.07) is 5.85. The van der Waals surface area contributed by atoms with E-state index in [9.17, 15) is 4.79 Å². The van der Waals surface area contributed by atoms with Gasteiger partial charge >= 0.3 is 5.97 Å². The van der Waals surface area contributed by atoms with Crippen molar-refractivity contribution in [3.05, 3.63) is 34.3 Å². The maximum atomic E-state index is 10.8. The van der Waals surface area contributed by atoms with E-state index in [0.29, 0.717) is 0 Å². The summed E-state index contributed by atoms with van der Waals surface area (Å²) in [7, 11) is 0. The van der Waals surface area contributed by atoms with Crippen LogP contribution in [0.4, 0.5) is 0 Å². The Morgan fingerprint density at radius 3 is 2.67 bits per heavy atom. The number of hydrogen-bond donors (Lipinski definition) is 1. The van der Waals surface area contributed by atoms with Gasteiger partial charge in [-0.3, -0.25) is 9.69 Å². The minimum absolute atomic E-state index is 0.0302. The van der Waals surface area contributed by atoms with Crippen LogP contribution in [0.3, 0.4) is 0 Å². The van der Waals surface area contributed by atoms with Crippen LogP contribution in [0.5, 0.6) is 0 Å². The van der Waals surface area contributed by atoms with E-state index in [1.807, 2.05) is 39.0 Å². The number of carboxylic acids is 1. The summed E-state index contributed by atoms with van der Waals surface area (Å²) in [6.07, 6.45) is 0.167. The van der Waals surface area contributed by atoms with Gasteiger partial charge in [-0.2, -0.15) is 0 Å². The molecule has 1 aromatic carbocycles. The zero-order valence-electron chi connectivity index (χ0n) is 11.1. The molecule has 1 rings (SSSR count). The van der Waals surface area contributed by atoms with E-state index in [1.165, 1.54) is 5.56 Å². The number of halogens is 1. The smallest absolute Gasteiger partial charge is 0.304 e. The Bertz CT molecular complexity index is 420. The molecule has 0 aliphatic rings. The number of aryl methyl sites for hydroxylation is 1. The topological polar surface area (TPSA) is 40.5 Å². The van der Waals surface area contributed by atoms with Gasteiger partial charge in [-0.1, -0.05) is 24.6 Å². The molecular formula is C14H20ClNO2. The zero-order chi connectivity index (χ0) is 13.7. The minimum atomic E-state index is -0.756. The van der Waals surface area contributed by atoms with Crippen molar-refractivity contribution < 1.29 is 9.90 Å². The highest BCUT2D eigenvalue weighted by Gasteiger charge is 2.16. The fourth-order valence-corrected chi connectivity index (χ4v) is 2.24.